The molecule has 19 heteroatoms. The molecule has 5 atom stereocenters. The summed E-state index contributed by atoms with van der Waals surface area (Å²) in [6.07, 6.45) is 44.6. The molecule has 0 aromatic heterocycles. The summed E-state index contributed by atoms with van der Waals surface area (Å²) in [5, 5.41) is 10.6. The zero-order chi connectivity index (χ0) is 67.5. The molecule has 0 rings (SSSR count). The number of aliphatic hydroxyl groups excluding tert-OH is 1. The number of hydrogen-bond acceptors (Lipinski definition) is 15. The van der Waals surface area contributed by atoms with Crippen LogP contribution in [0.5, 0.6) is 0 Å². The maximum absolute atomic E-state index is 13.0. The van der Waals surface area contributed by atoms with Crippen molar-refractivity contribution in [1.82, 2.24) is 0 Å². The minimum absolute atomic E-state index is 0.105. The fourth-order valence-corrected chi connectivity index (χ4v) is 12.4. The number of unbranched alkanes of at least 4 members (excludes halogenated alkanes) is 35. The Bertz CT molecular complexity index is 1800. The Labute approximate surface area is 556 Å². The van der Waals surface area contributed by atoms with Crippen LogP contribution in [0, 0.1) is 23.7 Å². The van der Waals surface area contributed by atoms with Crippen molar-refractivity contribution in [2.24, 2.45) is 23.7 Å². The topological polar surface area (TPSA) is 237 Å². The first kappa shape index (κ1) is 89.1. The first-order valence-electron chi connectivity index (χ1n) is 37.2. The summed E-state index contributed by atoms with van der Waals surface area (Å²) in [6, 6.07) is 0. The Morgan fingerprint density at radius 1 is 0.275 bits per heavy atom. The molecule has 0 fully saturated rings. The van der Waals surface area contributed by atoms with Gasteiger partial charge in [-0.2, -0.15) is 0 Å². The highest BCUT2D eigenvalue weighted by atomic mass is 31.2. The molecule has 0 radical (unpaired) electrons. The van der Waals surface area contributed by atoms with Crippen LogP contribution < -0.4 is 0 Å². The van der Waals surface area contributed by atoms with Gasteiger partial charge in [0.1, 0.15) is 19.3 Å². The SMILES string of the molecule is CC(C)CCCCCCCCCCCCCCCCCC(=O)O[C@H](COC(=O)CCCCCCCCC(C)C)COP(=O)(O)OCC(O)COP(=O)(O)OC[C@@H](COC(=O)CCCCCCCCCCC(C)C)OC(=O)CCCCCCCCCCCCC(C)C. The summed E-state index contributed by atoms with van der Waals surface area (Å²) < 4.78 is 68.3. The van der Waals surface area contributed by atoms with Gasteiger partial charge in [0.15, 0.2) is 12.2 Å². The Morgan fingerprint density at radius 2 is 0.462 bits per heavy atom. The number of rotatable bonds is 69. The second kappa shape index (κ2) is 61.6. The van der Waals surface area contributed by atoms with Crippen molar-refractivity contribution in [3.8, 4) is 0 Å². The molecule has 0 spiro atoms. The van der Waals surface area contributed by atoms with Crippen molar-refractivity contribution in [1.29, 1.82) is 0 Å². The van der Waals surface area contributed by atoms with E-state index in [1.54, 1.807) is 0 Å². The van der Waals surface area contributed by atoms with E-state index in [1.807, 2.05) is 0 Å². The predicted octanol–water partition coefficient (Wildman–Crippen LogP) is 20.5. The lowest BCUT2D eigenvalue weighted by atomic mass is 10.0. The maximum atomic E-state index is 13.0. The lowest BCUT2D eigenvalue weighted by Gasteiger charge is -2.21. The zero-order valence-corrected chi connectivity index (χ0v) is 61.3. The maximum Gasteiger partial charge on any atom is 0.472 e. The molecule has 3 unspecified atom stereocenters. The molecule has 91 heavy (non-hydrogen) atoms. The molecular formula is C72H140O17P2. The normalized spacial score (nSPS) is 14.2. The minimum Gasteiger partial charge on any atom is -0.462 e. The summed E-state index contributed by atoms with van der Waals surface area (Å²) in [5.41, 5.74) is 0. The second-order valence-corrected chi connectivity index (χ2v) is 30.8. The van der Waals surface area contributed by atoms with E-state index in [2.05, 4.69) is 55.4 Å². The molecule has 0 bridgehead atoms. The van der Waals surface area contributed by atoms with Gasteiger partial charge in [-0.15, -0.1) is 0 Å². The van der Waals surface area contributed by atoms with Gasteiger partial charge in [-0.3, -0.25) is 37.3 Å². The molecule has 0 aliphatic heterocycles. The van der Waals surface area contributed by atoms with Crippen LogP contribution in [0.4, 0.5) is 0 Å². The van der Waals surface area contributed by atoms with E-state index >= 15 is 0 Å². The summed E-state index contributed by atoms with van der Waals surface area (Å²) in [7, 11) is -9.90. The van der Waals surface area contributed by atoms with Crippen LogP contribution in [0.15, 0.2) is 0 Å². The van der Waals surface area contributed by atoms with E-state index in [4.69, 9.17) is 37.0 Å². The first-order chi connectivity index (χ1) is 43.6. The number of esters is 4. The van der Waals surface area contributed by atoms with Crippen LogP contribution in [0.1, 0.15) is 357 Å². The fourth-order valence-electron chi connectivity index (χ4n) is 10.8. The molecule has 0 aliphatic carbocycles. The van der Waals surface area contributed by atoms with Crippen LogP contribution in [0.3, 0.4) is 0 Å². The molecule has 540 valence electrons. The minimum atomic E-state index is -4.95. The van der Waals surface area contributed by atoms with Crippen molar-refractivity contribution in [3.05, 3.63) is 0 Å². The van der Waals surface area contributed by atoms with Crippen LogP contribution in [-0.2, 0) is 65.4 Å². The van der Waals surface area contributed by atoms with Crippen LogP contribution in [0.2, 0.25) is 0 Å². The Balaban J connectivity index is 5.21. The van der Waals surface area contributed by atoms with Gasteiger partial charge in [0.25, 0.3) is 0 Å². The monoisotopic (exact) mass is 1340 g/mol. The molecule has 0 heterocycles. The molecule has 17 nitrogen and oxygen atoms in total. The molecule has 0 aromatic carbocycles. The lowest BCUT2D eigenvalue weighted by molar-refractivity contribution is -0.161. The van der Waals surface area contributed by atoms with Gasteiger partial charge in [0.2, 0.25) is 0 Å². The highest BCUT2D eigenvalue weighted by Gasteiger charge is 2.30. The average molecular weight is 1340 g/mol. The van der Waals surface area contributed by atoms with E-state index in [1.165, 1.54) is 154 Å². The molecule has 3 N–H and O–H groups in total. The van der Waals surface area contributed by atoms with Crippen LogP contribution in [0.25, 0.3) is 0 Å². The van der Waals surface area contributed by atoms with Gasteiger partial charge < -0.3 is 33.8 Å². The van der Waals surface area contributed by atoms with Crippen molar-refractivity contribution in [2.45, 2.75) is 375 Å². The van der Waals surface area contributed by atoms with Crippen molar-refractivity contribution < 1.29 is 80.2 Å². The van der Waals surface area contributed by atoms with Gasteiger partial charge in [0.05, 0.1) is 26.4 Å². The molecule has 0 aliphatic rings. The summed E-state index contributed by atoms with van der Waals surface area (Å²) in [6.45, 7) is 14.1. The number of ether oxygens (including phenoxy) is 4. The van der Waals surface area contributed by atoms with E-state index in [0.717, 1.165) is 114 Å². The third-order valence-electron chi connectivity index (χ3n) is 16.6. The third-order valence-corrected chi connectivity index (χ3v) is 18.5. The summed E-state index contributed by atoms with van der Waals surface area (Å²) in [4.78, 5) is 72.6. The largest absolute Gasteiger partial charge is 0.472 e. The van der Waals surface area contributed by atoms with Crippen molar-refractivity contribution >= 4 is 39.5 Å². The van der Waals surface area contributed by atoms with Gasteiger partial charge in [-0.25, -0.2) is 9.13 Å². The van der Waals surface area contributed by atoms with Crippen LogP contribution >= 0.6 is 15.6 Å². The fraction of sp³-hybridized carbons (Fsp3) is 0.944. The van der Waals surface area contributed by atoms with Gasteiger partial charge in [0, 0.05) is 25.7 Å². The number of phosphoric ester groups is 2. The van der Waals surface area contributed by atoms with Gasteiger partial charge in [-0.1, -0.05) is 306 Å². The van der Waals surface area contributed by atoms with Gasteiger partial charge in [-0.05, 0) is 49.4 Å². The second-order valence-electron chi connectivity index (χ2n) is 27.9. The van der Waals surface area contributed by atoms with Crippen LogP contribution in [-0.4, -0.2) is 96.7 Å². The Kier molecular flexibility index (Phi) is 60.3. The Morgan fingerprint density at radius 3 is 0.681 bits per heavy atom. The molecule has 0 amide bonds. The lowest BCUT2D eigenvalue weighted by Crippen LogP contribution is -2.30. The molecule has 0 aromatic rings. The van der Waals surface area contributed by atoms with E-state index in [0.29, 0.717) is 31.6 Å². The van der Waals surface area contributed by atoms with Crippen molar-refractivity contribution in [3.63, 3.8) is 0 Å². The van der Waals surface area contributed by atoms with Crippen molar-refractivity contribution in [2.75, 3.05) is 39.6 Å². The highest BCUT2D eigenvalue weighted by Crippen LogP contribution is 2.45. The number of phosphoric acid groups is 2. The molecule has 0 saturated carbocycles. The number of carbonyl (C=O) groups is 4. The number of hydrogen-bond donors (Lipinski definition) is 3. The predicted molar refractivity (Wildman–Crippen MR) is 367 cm³/mol. The number of carbonyl (C=O) groups excluding carboxylic acids is 4. The zero-order valence-electron chi connectivity index (χ0n) is 59.5. The van der Waals surface area contributed by atoms with E-state index in [9.17, 15) is 43.2 Å². The number of aliphatic hydroxyl groups is 1. The quantitative estimate of drug-likeness (QED) is 0.0222. The molecule has 0 saturated heterocycles. The smallest absolute Gasteiger partial charge is 0.462 e. The standard InChI is InChI=1S/C72H140O17P2/c1-62(2)48-40-32-24-18-14-12-10-9-11-13-15-20-28-38-46-54-71(76)89-68(59-83-70(75)53-45-37-31-30-35-43-51-65(7)8)61-87-91(80,81)85-57-66(73)56-84-90(78,79)86-60-67(58-82-69(74)52-44-36-27-23-22-26-34-42-50-64(5)6)88-72(77)55-47-39-29-21-17-16-19-25-33-41-49-63(3)4/h62-68,73H,9-61H2,1-8H3,(H,78,79)(H,80,81)/t66?,67-,68-/m1/s1. The summed E-state index contributed by atoms with van der Waals surface area (Å²) in [5.74, 6) is 0.831. The van der Waals surface area contributed by atoms with E-state index < -0.39 is 97.5 Å². The van der Waals surface area contributed by atoms with Gasteiger partial charge >= 0.3 is 39.5 Å². The third kappa shape index (κ3) is 66.5. The summed E-state index contributed by atoms with van der Waals surface area (Å²) >= 11 is 0. The Hall–Kier alpha value is -1.94. The highest BCUT2D eigenvalue weighted by molar-refractivity contribution is 7.47. The molecular weight excluding hydrogens is 1200 g/mol. The average Bonchev–Trinajstić information content (AvgIpc) is 3.65. The van der Waals surface area contributed by atoms with E-state index in [-0.39, 0.29) is 25.7 Å². The first-order valence-corrected chi connectivity index (χ1v) is 40.2.